The fourth-order valence-electron chi connectivity index (χ4n) is 3.84. The van der Waals surface area contributed by atoms with Gasteiger partial charge in [0.1, 0.15) is 23.0 Å². The van der Waals surface area contributed by atoms with E-state index in [2.05, 4.69) is 21.2 Å². The van der Waals surface area contributed by atoms with Crippen molar-refractivity contribution in [3.05, 3.63) is 81.2 Å². The summed E-state index contributed by atoms with van der Waals surface area (Å²) in [5.74, 6) is -1.50. The van der Waals surface area contributed by atoms with E-state index in [1.165, 1.54) is 0 Å². The predicted molar refractivity (Wildman–Crippen MR) is 112 cm³/mol. The van der Waals surface area contributed by atoms with Gasteiger partial charge in [0.2, 0.25) is 11.8 Å². The molecule has 7 nitrogen and oxygen atoms in total. The van der Waals surface area contributed by atoms with E-state index in [-0.39, 0.29) is 29.4 Å². The van der Waals surface area contributed by atoms with Gasteiger partial charge >= 0.3 is 5.97 Å². The van der Waals surface area contributed by atoms with Gasteiger partial charge < -0.3 is 20.5 Å². The summed E-state index contributed by atoms with van der Waals surface area (Å²) in [6.45, 7) is 1.74. The van der Waals surface area contributed by atoms with Gasteiger partial charge in [0.15, 0.2) is 5.41 Å². The first-order chi connectivity index (χ1) is 14.4. The molecule has 2 aliphatic rings. The van der Waals surface area contributed by atoms with E-state index < -0.39 is 17.3 Å². The van der Waals surface area contributed by atoms with Crippen molar-refractivity contribution in [1.29, 1.82) is 5.26 Å². The minimum atomic E-state index is -1.80. The zero-order valence-corrected chi connectivity index (χ0v) is 17.4. The van der Waals surface area contributed by atoms with E-state index in [0.29, 0.717) is 21.3 Å². The number of nitriles is 1. The van der Waals surface area contributed by atoms with E-state index in [1.807, 2.05) is 6.07 Å². The van der Waals surface area contributed by atoms with Crippen LogP contribution in [0.25, 0.3) is 5.76 Å². The van der Waals surface area contributed by atoms with Crippen LogP contribution in [0.2, 0.25) is 0 Å². The van der Waals surface area contributed by atoms with Crippen molar-refractivity contribution in [2.45, 2.75) is 12.3 Å². The maximum absolute atomic E-state index is 13.5. The number of carbonyl (C=O) groups is 2. The molecule has 0 bridgehead atoms. The molecule has 8 heteroatoms. The molecule has 2 heterocycles. The molecule has 1 amide bonds. The highest BCUT2D eigenvalue weighted by molar-refractivity contribution is 9.10. The molecule has 2 aromatic carbocycles. The van der Waals surface area contributed by atoms with Crippen molar-refractivity contribution in [2.75, 3.05) is 11.9 Å². The number of rotatable bonds is 3. The van der Waals surface area contributed by atoms with Crippen LogP contribution in [-0.4, -0.2) is 18.5 Å². The molecule has 2 aromatic rings. The second-order valence-electron chi connectivity index (χ2n) is 6.64. The fraction of sp³-hybridized carbons (Fsp3) is 0.136. The number of carbonyl (C=O) groups excluding carboxylic acids is 2. The summed E-state index contributed by atoms with van der Waals surface area (Å²) in [5.41, 5.74) is 5.48. The van der Waals surface area contributed by atoms with Gasteiger partial charge in [0.25, 0.3) is 0 Å². The van der Waals surface area contributed by atoms with Crippen molar-refractivity contribution in [1.82, 2.24) is 0 Å². The summed E-state index contributed by atoms with van der Waals surface area (Å²) in [5, 5.41) is 12.7. The first-order valence-corrected chi connectivity index (χ1v) is 9.91. The van der Waals surface area contributed by atoms with E-state index in [4.69, 9.17) is 15.2 Å². The number of nitrogens with zero attached hydrogens (tertiary/aromatic N) is 1. The van der Waals surface area contributed by atoms with Crippen LogP contribution >= 0.6 is 15.9 Å². The number of amides is 1. The normalized spacial score (nSPS) is 19.8. The van der Waals surface area contributed by atoms with Crippen LogP contribution < -0.4 is 11.1 Å². The standard InChI is InChI=1S/C22H16BrN3O4/c1-2-29-20(27)17-18(12-6-4-3-5-7-12)30-19(25)15(11-24)22(17)14-10-13(23)8-9-16(14)26-21(22)28/h3-10H,2,25H2,1H3,(H,26,28). The number of benzene rings is 2. The number of nitrogens with one attached hydrogen (secondary N) is 1. The number of esters is 1. The minimum Gasteiger partial charge on any atom is -0.462 e. The molecule has 0 saturated carbocycles. The third-order valence-electron chi connectivity index (χ3n) is 5.04. The predicted octanol–water partition coefficient (Wildman–Crippen LogP) is 3.34. The van der Waals surface area contributed by atoms with E-state index in [9.17, 15) is 14.9 Å². The van der Waals surface area contributed by atoms with E-state index in [1.54, 1.807) is 55.5 Å². The third kappa shape index (κ3) is 2.70. The summed E-state index contributed by atoms with van der Waals surface area (Å²) in [6, 6.07) is 15.9. The van der Waals surface area contributed by atoms with Crippen LogP contribution in [0, 0.1) is 11.3 Å². The SMILES string of the molecule is CCOC(=O)C1=C(c2ccccc2)OC(N)=C(C#N)C12C(=O)Nc1ccc(Br)cc12. The summed E-state index contributed by atoms with van der Waals surface area (Å²) >= 11 is 3.41. The Balaban J connectivity index is 2.15. The van der Waals surface area contributed by atoms with Gasteiger partial charge in [-0.25, -0.2) is 4.79 Å². The van der Waals surface area contributed by atoms with Crippen molar-refractivity contribution >= 4 is 39.3 Å². The van der Waals surface area contributed by atoms with Crippen molar-refractivity contribution in [2.24, 2.45) is 5.73 Å². The summed E-state index contributed by atoms with van der Waals surface area (Å²) < 4.78 is 11.7. The Kier molecular flexibility index (Phi) is 4.84. The smallest absolute Gasteiger partial charge is 0.339 e. The molecule has 4 rings (SSSR count). The Morgan fingerprint density at radius 2 is 2.03 bits per heavy atom. The Hall–Kier alpha value is -3.57. The van der Waals surface area contributed by atoms with Crippen molar-refractivity contribution in [3.63, 3.8) is 0 Å². The van der Waals surface area contributed by atoms with Crippen molar-refractivity contribution < 1.29 is 19.1 Å². The minimum absolute atomic E-state index is 0.0773. The summed E-state index contributed by atoms with van der Waals surface area (Å²) in [6.07, 6.45) is 0. The molecular formula is C22H16BrN3O4. The van der Waals surface area contributed by atoms with Gasteiger partial charge in [0.05, 0.1) is 6.61 Å². The number of anilines is 1. The van der Waals surface area contributed by atoms with E-state index in [0.717, 1.165) is 0 Å². The molecule has 0 saturated heterocycles. The third-order valence-corrected chi connectivity index (χ3v) is 5.53. The fourth-order valence-corrected chi connectivity index (χ4v) is 4.20. The number of fused-ring (bicyclic) bond motifs is 2. The van der Waals surface area contributed by atoms with Crippen molar-refractivity contribution in [3.8, 4) is 6.07 Å². The largest absolute Gasteiger partial charge is 0.462 e. The lowest BCUT2D eigenvalue weighted by molar-refractivity contribution is -0.140. The summed E-state index contributed by atoms with van der Waals surface area (Å²) in [7, 11) is 0. The van der Waals surface area contributed by atoms with Crippen LogP contribution in [-0.2, 0) is 24.5 Å². The lowest BCUT2D eigenvalue weighted by atomic mass is 9.67. The average Bonchev–Trinajstić information content (AvgIpc) is 3.00. The Labute approximate surface area is 180 Å². The van der Waals surface area contributed by atoms with Crippen LogP contribution in [0.5, 0.6) is 0 Å². The lowest BCUT2D eigenvalue weighted by Gasteiger charge is -2.34. The summed E-state index contributed by atoms with van der Waals surface area (Å²) in [4.78, 5) is 26.7. The maximum Gasteiger partial charge on any atom is 0.339 e. The molecule has 0 aromatic heterocycles. The Morgan fingerprint density at radius 3 is 2.70 bits per heavy atom. The molecule has 0 fully saturated rings. The van der Waals surface area contributed by atoms with Crippen LogP contribution in [0.3, 0.4) is 0 Å². The number of halogens is 1. The first kappa shape index (κ1) is 19.7. The first-order valence-electron chi connectivity index (χ1n) is 9.12. The molecule has 30 heavy (non-hydrogen) atoms. The van der Waals surface area contributed by atoms with Gasteiger partial charge in [-0.05, 0) is 25.1 Å². The zero-order chi connectivity index (χ0) is 21.5. The van der Waals surface area contributed by atoms with Gasteiger partial charge in [-0.1, -0.05) is 46.3 Å². The van der Waals surface area contributed by atoms with Gasteiger partial charge in [0, 0.05) is 21.3 Å². The van der Waals surface area contributed by atoms with Crippen LogP contribution in [0.1, 0.15) is 18.1 Å². The highest BCUT2D eigenvalue weighted by Gasteiger charge is 2.60. The quantitative estimate of drug-likeness (QED) is 0.671. The second kappa shape index (κ2) is 7.35. The van der Waals surface area contributed by atoms with Crippen LogP contribution in [0.4, 0.5) is 5.69 Å². The molecule has 1 atom stereocenters. The molecule has 0 radical (unpaired) electrons. The number of hydrogen-bond acceptors (Lipinski definition) is 6. The zero-order valence-electron chi connectivity index (χ0n) is 15.9. The lowest BCUT2D eigenvalue weighted by Crippen LogP contribution is -2.45. The molecule has 1 unspecified atom stereocenters. The Morgan fingerprint density at radius 1 is 1.30 bits per heavy atom. The van der Waals surface area contributed by atoms with Gasteiger partial charge in [-0.2, -0.15) is 5.26 Å². The number of nitrogens with two attached hydrogens (primary N) is 1. The molecule has 150 valence electrons. The number of hydrogen-bond donors (Lipinski definition) is 2. The second-order valence-corrected chi connectivity index (χ2v) is 7.55. The Bertz CT molecular complexity index is 1180. The number of ether oxygens (including phenoxy) is 2. The molecule has 1 spiro atoms. The molecular weight excluding hydrogens is 450 g/mol. The average molecular weight is 466 g/mol. The van der Waals surface area contributed by atoms with Gasteiger partial charge in [-0.15, -0.1) is 0 Å². The van der Waals surface area contributed by atoms with E-state index >= 15 is 0 Å². The topological polar surface area (TPSA) is 114 Å². The van der Waals surface area contributed by atoms with Gasteiger partial charge in [-0.3, -0.25) is 4.79 Å². The molecule has 2 aliphatic heterocycles. The highest BCUT2D eigenvalue weighted by Crippen LogP contribution is 2.53. The molecule has 0 aliphatic carbocycles. The maximum atomic E-state index is 13.5. The highest BCUT2D eigenvalue weighted by atomic mass is 79.9. The van der Waals surface area contributed by atoms with Crippen LogP contribution in [0.15, 0.2) is 70.0 Å². The monoisotopic (exact) mass is 465 g/mol. The molecule has 3 N–H and O–H groups in total.